The average Bonchev–Trinajstić information content (AvgIpc) is 2.96. The molecule has 9 heteroatoms. The maximum Gasteiger partial charge on any atom is 0.335 e. The van der Waals surface area contributed by atoms with Crippen LogP contribution in [0.4, 0.5) is 10.5 Å². The molecule has 0 bridgehead atoms. The van der Waals surface area contributed by atoms with Crippen molar-refractivity contribution in [2.45, 2.75) is 20.1 Å². The van der Waals surface area contributed by atoms with Crippen molar-refractivity contribution in [3.05, 3.63) is 128 Å². The molecule has 0 aromatic heterocycles. The molecule has 0 aliphatic carbocycles. The molecule has 0 saturated carbocycles. The first-order valence-corrected chi connectivity index (χ1v) is 14.2. The Labute approximate surface area is 254 Å². The van der Waals surface area contributed by atoms with Crippen molar-refractivity contribution in [3.8, 4) is 11.5 Å². The van der Waals surface area contributed by atoms with Gasteiger partial charge in [-0.3, -0.25) is 14.9 Å². The summed E-state index contributed by atoms with van der Waals surface area (Å²) in [7, 11) is 0. The summed E-state index contributed by atoms with van der Waals surface area (Å²) in [4.78, 5) is 39.9. The lowest BCUT2D eigenvalue weighted by Gasteiger charge is -2.26. The number of hydrogen-bond acceptors (Lipinski definition) is 5. The Bertz CT molecular complexity index is 1630. The van der Waals surface area contributed by atoms with Crippen molar-refractivity contribution in [1.29, 1.82) is 0 Å². The zero-order valence-electron chi connectivity index (χ0n) is 21.9. The van der Waals surface area contributed by atoms with Crippen LogP contribution in [0.5, 0.6) is 11.5 Å². The van der Waals surface area contributed by atoms with Crippen LogP contribution in [0.25, 0.3) is 6.08 Å². The Balaban J connectivity index is 1.35. The fourth-order valence-corrected chi connectivity index (χ4v) is 4.74. The molecule has 1 aliphatic heterocycles. The number of anilines is 1. The second-order valence-corrected chi connectivity index (χ2v) is 11.2. The first kappa shape index (κ1) is 28.3. The van der Waals surface area contributed by atoms with Crippen LogP contribution in [-0.4, -0.2) is 17.8 Å². The highest BCUT2D eigenvalue weighted by atomic mass is 79.9. The van der Waals surface area contributed by atoms with Gasteiger partial charge in [0, 0.05) is 14.5 Å². The van der Waals surface area contributed by atoms with Crippen LogP contribution in [0, 0.1) is 6.92 Å². The molecule has 7 nitrogen and oxygen atoms in total. The van der Waals surface area contributed by atoms with Gasteiger partial charge < -0.3 is 9.47 Å². The van der Waals surface area contributed by atoms with Crippen LogP contribution in [0.15, 0.2) is 106 Å². The van der Waals surface area contributed by atoms with E-state index in [9.17, 15) is 14.4 Å². The molecule has 0 radical (unpaired) electrons. The number of imide groups is 2. The summed E-state index contributed by atoms with van der Waals surface area (Å²) in [5.74, 6) is -0.475. The van der Waals surface area contributed by atoms with E-state index < -0.39 is 17.8 Å². The Morgan fingerprint density at radius 1 is 0.756 bits per heavy atom. The first-order chi connectivity index (χ1) is 19.8. The summed E-state index contributed by atoms with van der Waals surface area (Å²) < 4.78 is 13.6. The SMILES string of the molecule is Cc1ccc(COc2ccc(Br)cc2/C=C2\C(=O)NC(=O)N(c3ccc(OCc4ccc(Br)cc4)cc3)C2=O)cc1. The Hall–Kier alpha value is -4.21. The Morgan fingerprint density at radius 3 is 2.05 bits per heavy atom. The van der Waals surface area contributed by atoms with E-state index in [2.05, 4.69) is 37.2 Å². The third-order valence-electron chi connectivity index (χ3n) is 6.30. The predicted octanol–water partition coefficient (Wildman–Crippen LogP) is 7.34. The van der Waals surface area contributed by atoms with E-state index in [1.165, 1.54) is 6.08 Å². The largest absolute Gasteiger partial charge is 0.489 e. The van der Waals surface area contributed by atoms with Crippen LogP contribution in [-0.2, 0) is 22.8 Å². The summed E-state index contributed by atoms with van der Waals surface area (Å²) in [6, 6.07) is 26.7. The molecule has 0 spiro atoms. The predicted molar refractivity (Wildman–Crippen MR) is 164 cm³/mol. The van der Waals surface area contributed by atoms with Gasteiger partial charge in [-0.1, -0.05) is 73.8 Å². The van der Waals surface area contributed by atoms with Gasteiger partial charge in [0.05, 0.1) is 5.69 Å². The molecule has 4 aromatic carbocycles. The molecule has 4 aromatic rings. The van der Waals surface area contributed by atoms with E-state index in [1.807, 2.05) is 61.5 Å². The van der Waals surface area contributed by atoms with Gasteiger partial charge in [0.1, 0.15) is 30.3 Å². The van der Waals surface area contributed by atoms with E-state index in [0.29, 0.717) is 36.0 Å². The van der Waals surface area contributed by atoms with Gasteiger partial charge in [-0.25, -0.2) is 9.69 Å². The second kappa shape index (κ2) is 12.5. The first-order valence-electron chi connectivity index (χ1n) is 12.6. The zero-order chi connectivity index (χ0) is 28.9. The number of halogens is 2. The van der Waals surface area contributed by atoms with E-state index >= 15 is 0 Å². The minimum Gasteiger partial charge on any atom is -0.489 e. The maximum atomic E-state index is 13.5. The molecule has 4 amide bonds. The highest BCUT2D eigenvalue weighted by molar-refractivity contribution is 9.10. The topological polar surface area (TPSA) is 84.9 Å². The smallest absolute Gasteiger partial charge is 0.335 e. The van der Waals surface area contributed by atoms with Gasteiger partial charge >= 0.3 is 6.03 Å². The third kappa shape index (κ3) is 6.93. The Kier molecular flexibility index (Phi) is 8.66. The number of nitrogens with one attached hydrogen (secondary N) is 1. The number of rotatable bonds is 8. The molecule has 1 N–H and O–H groups in total. The number of amides is 4. The molecule has 206 valence electrons. The van der Waals surface area contributed by atoms with Gasteiger partial charge in [-0.05, 0) is 78.7 Å². The van der Waals surface area contributed by atoms with E-state index in [1.54, 1.807) is 36.4 Å². The number of nitrogens with zero attached hydrogens (tertiary/aromatic N) is 1. The number of ether oxygens (including phenoxy) is 2. The summed E-state index contributed by atoms with van der Waals surface area (Å²) in [6.45, 7) is 2.68. The van der Waals surface area contributed by atoms with E-state index in [0.717, 1.165) is 30.5 Å². The van der Waals surface area contributed by atoms with E-state index in [-0.39, 0.29) is 5.57 Å². The monoisotopic (exact) mass is 674 g/mol. The van der Waals surface area contributed by atoms with Gasteiger partial charge in [-0.2, -0.15) is 0 Å². The number of carbonyl (C=O) groups excluding carboxylic acids is 3. The molecule has 1 aliphatic rings. The molecule has 0 unspecified atom stereocenters. The minimum absolute atomic E-state index is 0.196. The minimum atomic E-state index is -0.828. The van der Waals surface area contributed by atoms with E-state index in [4.69, 9.17) is 9.47 Å². The number of barbiturate groups is 1. The molecule has 1 heterocycles. The zero-order valence-corrected chi connectivity index (χ0v) is 25.1. The lowest BCUT2D eigenvalue weighted by molar-refractivity contribution is -0.122. The normalized spacial score (nSPS) is 14.3. The van der Waals surface area contributed by atoms with Crippen molar-refractivity contribution < 1.29 is 23.9 Å². The van der Waals surface area contributed by atoms with Crippen molar-refractivity contribution >= 4 is 61.5 Å². The summed E-state index contributed by atoms with van der Waals surface area (Å²) in [5, 5.41) is 2.26. The van der Waals surface area contributed by atoms with Crippen LogP contribution in [0.1, 0.15) is 22.3 Å². The van der Waals surface area contributed by atoms with Crippen LogP contribution < -0.4 is 19.7 Å². The molecule has 1 fully saturated rings. The Morgan fingerprint density at radius 2 is 1.37 bits per heavy atom. The highest BCUT2D eigenvalue weighted by Crippen LogP contribution is 2.29. The molecule has 1 saturated heterocycles. The van der Waals surface area contributed by atoms with Gasteiger partial charge in [0.25, 0.3) is 11.8 Å². The van der Waals surface area contributed by atoms with Crippen molar-refractivity contribution in [1.82, 2.24) is 5.32 Å². The lowest BCUT2D eigenvalue weighted by atomic mass is 10.1. The van der Waals surface area contributed by atoms with Crippen molar-refractivity contribution in [3.63, 3.8) is 0 Å². The van der Waals surface area contributed by atoms with Gasteiger partial charge in [-0.15, -0.1) is 0 Å². The summed E-state index contributed by atoms with van der Waals surface area (Å²) in [5.41, 5.74) is 3.73. The average molecular weight is 676 g/mol. The van der Waals surface area contributed by atoms with Gasteiger partial charge in [0.15, 0.2) is 0 Å². The van der Waals surface area contributed by atoms with Crippen molar-refractivity contribution in [2.24, 2.45) is 0 Å². The standard InChI is InChI=1S/C32H24Br2N2O5/c1-20-2-4-21(5-3-20)19-41-29-15-10-25(34)16-23(29)17-28-30(37)35-32(39)36(31(28)38)26-11-13-27(14-12-26)40-18-22-6-8-24(33)9-7-22/h2-17H,18-19H2,1H3,(H,35,37,39)/b28-17+. The van der Waals surface area contributed by atoms with Crippen LogP contribution in [0.2, 0.25) is 0 Å². The van der Waals surface area contributed by atoms with Gasteiger partial charge in [0.2, 0.25) is 0 Å². The third-order valence-corrected chi connectivity index (χ3v) is 7.32. The van der Waals surface area contributed by atoms with Crippen LogP contribution >= 0.6 is 31.9 Å². The molecular formula is C32H24Br2N2O5. The lowest BCUT2D eigenvalue weighted by Crippen LogP contribution is -2.54. The molecular weight excluding hydrogens is 652 g/mol. The number of hydrogen-bond donors (Lipinski definition) is 1. The fourth-order valence-electron chi connectivity index (χ4n) is 4.10. The molecule has 41 heavy (non-hydrogen) atoms. The molecule has 0 atom stereocenters. The number of carbonyl (C=O) groups is 3. The second-order valence-electron chi connectivity index (χ2n) is 9.32. The molecule has 5 rings (SSSR count). The number of urea groups is 1. The maximum absolute atomic E-state index is 13.5. The highest BCUT2D eigenvalue weighted by Gasteiger charge is 2.37. The van der Waals surface area contributed by atoms with Crippen molar-refractivity contribution in [2.75, 3.05) is 4.90 Å². The fraction of sp³-hybridized carbons (Fsp3) is 0.0938. The summed E-state index contributed by atoms with van der Waals surface area (Å²) >= 11 is 6.85. The number of aryl methyl sites for hydroxylation is 1. The quantitative estimate of drug-likeness (QED) is 0.156. The van der Waals surface area contributed by atoms with Crippen LogP contribution in [0.3, 0.4) is 0 Å². The summed E-state index contributed by atoms with van der Waals surface area (Å²) in [6.07, 6.45) is 1.43. The number of benzene rings is 4.